The van der Waals surface area contributed by atoms with Crippen LogP contribution < -0.4 is 25.8 Å². The molecule has 2 aromatic carbocycles. The molecule has 0 atom stereocenters. The average Bonchev–Trinajstić information content (AvgIpc) is 2.65. The monoisotopic (exact) mass is 406 g/mol. The summed E-state index contributed by atoms with van der Waals surface area (Å²) in [6.07, 6.45) is 0. The second-order valence-electron chi connectivity index (χ2n) is 5.98. The summed E-state index contributed by atoms with van der Waals surface area (Å²) in [5.41, 5.74) is 2.25. The molecule has 0 heterocycles. The van der Waals surface area contributed by atoms with E-state index in [4.69, 9.17) is 9.88 Å². The number of urea groups is 1. The lowest BCUT2D eigenvalue weighted by Gasteiger charge is -2.11. The minimum absolute atomic E-state index is 0.0640. The molecular weight excluding hydrogens is 384 g/mol. The number of carbonyl (C=O) groups is 2. The standard InChI is InChI=1S/C18H22N4O5S/c1-12-3-5-13(6-4-12)10-20-18(24)21-11-17(23)22-14-7-8-15(27-2)16(9-14)28(19,25)26/h3-9H,10-11H2,1-2H3,(H,22,23)(H2,19,25,26)(H2,20,21,24). The van der Waals surface area contributed by atoms with Crippen LogP contribution in [-0.2, 0) is 21.4 Å². The van der Waals surface area contributed by atoms with E-state index in [1.165, 1.54) is 25.3 Å². The van der Waals surface area contributed by atoms with Gasteiger partial charge in [0.05, 0.1) is 13.7 Å². The number of primary sulfonamides is 1. The maximum atomic E-state index is 12.0. The van der Waals surface area contributed by atoms with E-state index in [2.05, 4.69) is 16.0 Å². The van der Waals surface area contributed by atoms with Gasteiger partial charge in [-0.2, -0.15) is 0 Å². The second kappa shape index (κ2) is 9.20. The van der Waals surface area contributed by atoms with Crippen molar-refractivity contribution >= 4 is 27.6 Å². The summed E-state index contributed by atoms with van der Waals surface area (Å²) in [5, 5.41) is 12.7. The lowest BCUT2D eigenvalue weighted by Crippen LogP contribution is -2.39. The molecular formula is C18H22N4O5S. The summed E-state index contributed by atoms with van der Waals surface area (Å²) in [5.74, 6) is -0.467. The third-order valence-electron chi connectivity index (χ3n) is 3.74. The van der Waals surface area contributed by atoms with E-state index in [1.807, 2.05) is 31.2 Å². The Balaban J connectivity index is 1.86. The molecule has 0 aliphatic rings. The molecule has 3 amide bonds. The van der Waals surface area contributed by atoms with Crippen LogP contribution in [0.2, 0.25) is 0 Å². The zero-order valence-electron chi connectivity index (χ0n) is 15.5. The van der Waals surface area contributed by atoms with E-state index in [9.17, 15) is 18.0 Å². The molecule has 28 heavy (non-hydrogen) atoms. The molecule has 0 spiro atoms. The third-order valence-corrected chi connectivity index (χ3v) is 4.67. The van der Waals surface area contributed by atoms with Gasteiger partial charge in [0.25, 0.3) is 0 Å². The molecule has 9 nitrogen and oxygen atoms in total. The van der Waals surface area contributed by atoms with Gasteiger partial charge in [-0.1, -0.05) is 29.8 Å². The van der Waals surface area contributed by atoms with Crippen LogP contribution in [-0.4, -0.2) is 34.0 Å². The number of amides is 3. The molecule has 0 aliphatic heterocycles. The molecule has 0 radical (unpaired) electrons. The normalized spacial score (nSPS) is 10.8. The van der Waals surface area contributed by atoms with Gasteiger partial charge in [0.1, 0.15) is 10.6 Å². The quantitative estimate of drug-likeness (QED) is 0.545. The number of sulfonamides is 1. The lowest BCUT2D eigenvalue weighted by molar-refractivity contribution is -0.115. The molecule has 2 aromatic rings. The Labute approximate surface area is 163 Å². The molecule has 0 saturated carbocycles. The van der Waals surface area contributed by atoms with Crippen molar-refractivity contribution in [3.05, 3.63) is 53.6 Å². The van der Waals surface area contributed by atoms with E-state index in [0.717, 1.165) is 11.1 Å². The van der Waals surface area contributed by atoms with Crippen molar-refractivity contribution < 1.29 is 22.7 Å². The Morgan fingerprint density at radius 3 is 2.36 bits per heavy atom. The van der Waals surface area contributed by atoms with Crippen LogP contribution in [0.4, 0.5) is 10.5 Å². The van der Waals surface area contributed by atoms with Gasteiger partial charge in [0.15, 0.2) is 0 Å². The number of aryl methyl sites for hydroxylation is 1. The highest BCUT2D eigenvalue weighted by atomic mass is 32.2. The molecule has 0 unspecified atom stereocenters. The Morgan fingerprint density at radius 1 is 1.07 bits per heavy atom. The first-order valence-corrected chi connectivity index (χ1v) is 9.81. The second-order valence-corrected chi connectivity index (χ2v) is 7.51. The number of carbonyl (C=O) groups excluding carboxylic acids is 2. The van der Waals surface area contributed by atoms with Crippen LogP contribution in [0.15, 0.2) is 47.4 Å². The maximum Gasteiger partial charge on any atom is 0.315 e. The average molecular weight is 406 g/mol. The van der Waals surface area contributed by atoms with Crippen LogP contribution in [0.25, 0.3) is 0 Å². The van der Waals surface area contributed by atoms with Gasteiger partial charge < -0.3 is 20.7 Å². The van der Waals surface area contributed by atoms with Crippen molar-refractivity contribution in [2.45, 2.75) is 18.4 Å². The number of methoxy groups -OCH3 is 1. The van der Waals surface area contributed by atoms with Crippen LogP contribution >= 0.6 is 0 Å². The Kier molecular flexibility index (Phi) is 6.96. The van der Waals surface area contributed by atoms with Gasteiger partial charge in [-0.25, -0.2) is 18.4 Å². The third kappa shape index (κ3) is 6.25. The summed E-state index contributed by atoms with van der Waals surface area (Å²) < 4.78 is 28.1. The fraction of sp³-hybridized carbons (Fsp3) is 0.222. The lowest BCUT2D eigenvalue weighted by atomic mass is 10.1. The first-order valence-electron chi connectivity index (χ1n) is 8.27. The number of rotatable bonds is 7. The van der Waals surface area contributed by atoms with Crippen LogP contribution in [0.3, 0.4) is 0 Å². The molecule has 0 bridgehead atoms. The number of hydrogen-bond donors (Lipinski definition) is 4. The number of hydrogen-bond acceptors (Lipinski definition) is 5. The van der Waals surface area contributed by atoms with Gasteiger partial charge in [-0.3, -0.25) is 4.79 Å². The molecule has 0 saturated heterocycles. The molecule has 0 fully saturated rings. The van der Waals surface area contributed by atoms with Gasteiger partial charge in [0, 0.05) is 12.2 Å². The number of benzene rings is 2. The van der Waals surface area contributed by atoms with Crippen molar-refractivity contribution in [3.63, 3.8) is 0 Å². The van der Waals surface area contributed by atoms with Crippen molar-refractivity contribution in [2.75, 3.05) is 19.0 Å². The summed E-state index contributed by atoms with van der Waals surface area (Å²) in [6.45, 7) is 2.00. The van der Waals surface area contributed by atoms with E-state index in [-0.39, 0.29) is 22.9 Å². The molecule has 10 heteroatoms. The summed E-state index contributed by atoms with van der Waals surface area (Å²) in [6, 6.07) is 11.2. The topological polar surface area (TPSA) is 140 Å². The first-order chi connectivity index (χ1) is 13.2. The zero-order valence-corrected chi connectivity index (χ0v) is 16.3. The van der Waals surface area contributed by atoms with Crippen LogP contribution in [0.5, 0.6) is 5.75 Å². The number of anilines is 1. The fourth-order valence-corrected chi connectivity index (χ4v) is 3.02. The highest BCUT2D eigenvalue weighted by molar-refractivity contribution is 7.89. The number of nitrogens with two attached hydrogens (primary N) is 1. The van der Waals surface area contributed by atoms with Gasteiger partial charge >= 0.3 is 6.03 Å². The Morgan fingerprint density at radius 2 is 1.75 bits per heavy atom. The predicted octanol–water partition coefficient (Wildman–Crippen LogP) is 1.09. The van der Waals surface area contributed by atoms with E-state index in [0.29, 0.717) is 6.54 Å². The van der Waals surface area contributed by atoms with Crippen molar-refractivity contribution in [1.29, 1.82) is 0 Å². The summed E-state index contributed by atoms with van der Waals surface area (Å²) in [4.78, 5) is 23.5. The smallest absolute Gasteiger partial charge is 0.315 e. The number of nitrogens with one attached hydrogen (secondary N) is 3. The molecule has 2 rings (SSSR count). The minimum atomic E-state index is -4.02. The van der Waals surface area contributed by atoms with Crippen molar-refractivity contribution in [1.82, 2.24) is 10.6 Å². The zero-order chi connectivity index (χ0) is 20.7. The van der Waals surface area contributed by atoms with Gasteiger partial charge in [0.2, 0.25) is 15.9 Å². The van der Waals surface area contributed by atoms with Gasteiger partial charge in [-0.05, 0) is 30.7 Å². The Bertz CT molecular complexity index is 958. The highest BCUT2D eigenvalue weighted by Crippen LogP contribution is 2.25. The highest BCUT2D eigenvalue weighted by Gasteiger charge is 2.16. The van der Waals surface area contributed by atoms with Crippen LogP contribution in [0.1, 0.15) is 11.1 Å². The summed E-state index contributed by atoms with van der Waals surface area (Å²) in [7, 11) is -2.72. The SMILES string of the molecule is COc1ccc(NC(=O)CNC(=O)NCc2ccc(C)cc2)cc1S(N)(=O)=O. The largest absolute Gasteiger partial charge is 0.495 e. The van der Waals surface area contributed by atoms with Gasteiger partial charge in [-0.15, -0.1) is 0 Å². The van der Waals surface area contributed by atoms with E-state index < -0.39 is 22.0 Å². The minimum Gasteiger partial charge on any atom is -0.495 e. The predicted molar refractivity (Wildman–Crippen MR) is 104 cm³/mol. The molecule has 0 aromatic heterocycles. The molecule has 5 N–H and O–H groups in total. The fourth-order valence-electron chi connectivity index (χ4n) is 2.29. The van der Waals surface area contributed by atoms with Crippen LogP contribution in [0, 0.1) is 6.92 Å². The first kappa shape index (κ1) is 21.2. The van der Waals surface area contributed by atoms with Crippen molar-refractivity contribution in [3.8, 4) is 5.75 Å². The Hall–Kier alpha value is -3.11. The van der Waals surface area contributed by atoms with E-state index >= 15 is 0 Å². The molecule has 150 valence electrons. The summed E-state index contributed by atoms with van der Waals surface area (Å²) >= 11 is 0. The maximum absolute atomic E-state index is 12.0. The number of ether oxygens (including phenoxy) is 1. The van der Waals surface area contributed by atoms with E-state index in [1.54, 1.807) is 0 Å². The van der Waals surface area contributed by atoms with Crippen molar-refractivity contribution in [2.24, 2.45) is 5.14 Å². The molecule has 0 aliphatic carbocycles.